The van der Waals surface area contributed by atoms with Crippen LogP contribution in [0.25, 0.3) is 0 Å². The van der Waals surface area contributed by atoms with E-state index >= 15 is 0 Å². The van der Waals surface area contributed by atoms with Crippen LogP contribution in [0.1, 0.15) is 5.56 Å². The molecule has 0 amide bonds. The summed E-state index contributed by atoms with van der Waals surface area (Å²) in [6.07, 6.45) is 0.679. The summed E-state index contributed by atoms with van der Waals surface area (Å²) in [4.78, 5) is 0.230. The summed E-state index contributed by atoms with van der Waals surface area (Å²) in [5.41, 5.74) is 7.20. The van der Waals surface area contributed by atoms with E-state index in [0.717, 1.165) is 5.56 Å². The largest absolute Gasteiger partial charge is 0.399 e. The van der Waals surface area contributed by atoms with Gasteiger partial charge >= 0.3 is 0 Å². The average molecular weight is 290 g/mol. The first-order valence-corrected chi connectivity index (χ1v) is 7.80. The monoisotopic (exact) mass is 290 g/mol. The second kappa shape index (κ2) is 6.07. The lowest BCUT2D eigenvalue weighted by atomic mass is 10.2. The van der Waals surface area contributed by atoms with Gasteiger partial charge in [0.15, 0.2) is 0 Å². The number of nitrogens with zero attached hydrogens (tertiary/aromatic N) is 1. The molecule has 20 heavy (non-hydrogen) atoms. The summed E-state index contributed by atoms with van der Waals surface area (Å²) >= 11 is 0. The Morgan fingerprint density at radius 3 is 2.40 bits per heavy atom. The van der Waals surface area contributed by atoms with Crippen molar-refractivity contribution in [2.75, 3.05) is 19.3 Å². The molecule has 0 atom stereocenters. The fraction of sp³-hybridized carbons (Fsp3) is 0.200. The van der Waals surface area contributed by atoms with Crippen LogP contribution in [0.3, 0.4) is 0 Å². The van der Waals surface area contributed by atoms with Gasteiger partial charge in [-0.15, -0.1) is 0 Å². The van der Waals surface area contributed by atoms with Crippen LogP contribution in [-0.2, 0) is 16.4 Å². The van der Waals surface area contributed by atoms with Crippen LogP contribution in [0, 0.1) is 0 Å². The number of sulfonamides is 1. The van der Waals surface area contributed by atoms with Crippen LogP contribution in [0.5, 0.6) is 0 Å². The standard InChI is InChI=1S/C15H18N2O2S/c1-17(11-10-13-6-3-2-4-7-13)20(18,19)15-9-5-8-14(16)12-15/h2-9,12H,10-11,16H2,1H3. The molecule has 0 saturated carbocycles. The van der Waals surface area contributed by atoms with Gasteiger partial charge in [0.2, 0.25) is 10.0 Å². The van der Waals surface area contributed by atoms with Crippen LogP contribution in [0.4, 0.5) is 5.69 Å². The van der Waals surface area contributed by atoms with Crippen molar-refractivity contribution in [2.45, 2.75) is 11.3 Å². The van der Waals surface area contributed by atoms with Gasteiger partial charge in [-0.1, -0.05) is 36.4 Å². The topological polar surface area (TPSA) is 63.4 Å². The van der Waals surface area contributed by atoms with Gasteiger partial charge in [-0.2, -0.15) is 0 Å². The average Bonchev–Trinajstić information content (AvgIpc) is 2.45. The summed E-state index contributed by atoms with van der Waals surface area (Å²) in [7, 11) is -1.89. The quantitative estimate of drug-likeness (QED) is 0.858. The number of likely N-dealkylation sites (N-methyl/N-ethyl adjacent to an activating group) is 1. The molecule has 2 N–H and O–H groups in total. The third-order valence-electron chi connectivity index (χ3n) is 3.12. The maximum absolute atomic E-state index is 12.4. The minimum atomic E-state index is -3.48. The fourth-order valence-corrected chi connectivity index (χ4v) is 3.13. The molecule has 0 spiro atoms. The molecule has 4 nitrogen and oxygen atoms in total. The second-order valence-electron chi connectivity index (χ2n) is 4.63. The molecule has 2 rings (SSSR count). The highest BCUT2D eigenvalue weighted by Gasteiger charge is 2.20. The predicted octanol–water partition coefficient (Wildman–Crippen LogP) is 2.13. The van der Waals surface area contributed by atoms with E-state index in [-0.39, 0.29) is 4.90 Å². The number of benzene rings is 2. The van der Waals surface area contributed by atoms with Crippen LogP contribution in [0.2, 0.25) is 0 Å². The molecule has 0 saturated heterocycles. The number of nitrogens with two attached hydrogens (primary N) is 1. The third-order valence-corrected chi connectivity index (χ3v) is 4.98. The molecule has 5 heteroatoms. The van der Waals surface area contributed by atoms with Gasteiger partial charge < -0.3 is 5.73 Å². The zero-order valence-electron chi connectivity index (χ0n) is 11.4. The Bertz CT molecular complexity index is 669. The molecule has 0 fully saturated rings. The minimum Gasteiger partial charge on any atom is -0.399 e. The van der Waals surface area contributed by atoms with E-state index in [4.69, 9.17) is 5.73 Å². The number of anilines is 1. The summed E-state index contributed by atoms with van der Waals surface area (Å²) in [6.45, 7) is 0.432. The van der Waals surface area contributed by atoms with Crippen molar-refractivity contribution < 1.29 is 8.42 Å². The lowest BCUT2D eigenvalue weighted by molar-refractivity contribution is 0.472. The Kier molecular flexibility index (Phi) is 4.42. The molecule has 0 bridgehead atoms. The summed E-state index contributed by atoms with van der Waals surface area (Å²) in [6, 6.07) is 16.2. The molecule has 0 aliphatic rings. The summed E-state index contributed by atoms with van der Waals surface area (Å²) in [5, 5.41) is 0. The van der Waals surface area contributed by atoms with E-state index in [0.29, 0.717) is 18.7 Å². The zero-order chi connectivity index (χ0) is 14.6. The highest BCUT2D eigenvalue weighted by molar-refractivity contribution is 7.89. The second-order valence-corrected chi connectivity index (χ2v) is 6.68. The molecular formula is C15H18N2O2S. The molecule has 0 aliphatic heterocycles. The van der Waals surface area contributed by atoms with E-state index < -0.39 is 10.0 Å². The van der Waals surface area contributed by atoms with Gasteiger partial charge in [0.25, 0.3) is 0 Å². The number of rotatable bonds is 5. The molecule has 0 aromatic heterocycles. The van der Waals surface area contributed by atoms with Gasteiger partial charge in [0.1, 0.15) is 0 Å². The highest BCUT2D eigenvalue weighted by Crippen LogP contribution is 2.17. The van der Waals surface area contributed by atoms with Crippen molar-refractivity contribution in [1.29, 1.82) is 0 Å². The normalized spacial score (nSPS) is 11.7. The van der Waals surface area contributed by atoms with Crippen LogP contribution in [-0.4, -0.2) is 26.3 Å². The first kappa shape index (κ1) is 14.6. The van der Waals surface area contributed by atoms with Crippen molar-refractivity contribution in [3.63, 3.8) is 0 Å². The van der Waals surface area contributed by atoms with Gasteiger partial charge in [-0.3, -0.25) is 0 Å². The molecule has 0 unspecified atom stereocenters. The molecule has 2 aromatic carbocycles. The first-order chi connectivity index (χ1) is 9.50. The first-order valence-electron chi connectivity index (χ1n) is 6.36. The van der Waals surface area contributed by atoms with E-state index in [1.165, 1.54) is 10.4 Å². The maximum Gasteiger partial charge on any atom is 0.242 e. The van der Waals surface area contributed by atoms with Crippen molar-refractivity contribution >= 4 is 15.7 Å². The van der Waals surface area contributed by atoms with Crippen molar-refractivity contribution in [3.8, 4) is 0 Å². The van der Waals surface area contributed by atoms with E-state index in [2.05, 4.69) is 0 Å². The van der Waals surface area contributed by atoms with Crippen LogP contribution >= 0.6 is 0 Å². The van der Waals surface area contributed by atoms with Crippen molar-refractivity contribution in [3.05, 3.63) is 60.2 Å². The Balaban J connectivity index is 2.10. The SMILES string of the molecule is CN(CCc1ccccc1)S(=O)(=O)c1cccc(N)c1. The molecule has 0 aliphatic carbocycles. The van der Waals surface area contributed by atoms with Gasteiger partial charge in [-0.25, -0.2) is 12.7 Å². The van der Waals surface area contributed by atoms with E-state index in [9.17, 15) is 8.42 Å². The summed E-state index contributed by atoms with van der Waals surface area (Å²) in [5.74, 6) is 0. The third kappa shape index (κ3) is 3.37. The van der Waals surface area contributed by atoms with E-state index in [1.807, 2.05) is 30.3 Å². The molecule has 2 aromatic rings. The fourth-order valence-electron chi connectivity index (χ4n) is 1.91. The highest BCUT2D eigenvalue weighted by atomic mass is 32.2. The minimum absolute atomic E-state index is 0.230. The Labute approximate surface area is 119 Å². The molecule has 0 heterocycles. The zero-order valence-corrected chi connectivity index (χ0v) is 12.2. The number of hydrogen-bond acceptors (Lipinski definition) is 3. The van der Waals surface area contributed by atoms with Gasteiger partial charge in [0, 0.05) is 19.3 Å². The van der Waals surface area contributed by atoms with Crippen LogP contribution in [0.15, 0.2) is 59.5 Å². The molecular weight excluding hydrogens is 272 g/mol. The van der Waals surface area contributed by atoms with Gasteiger partial charge in [0.05, 0.1) is 4.90 Å². The smallest absolute Gasteiger partial charge is 0.242 e. The Morgan fingerprint density at radius 2 is 1.75 bits per heavy atom. The Morgan fingerprint density at radius 1 is 1.05 bits per heavy atom. The maximum atomic E-state index is 12.4. The molecule has 106 valence electrons. The lowest BCUT2D eigenvalue weighted by Gasteiger charge is -2.17. The Hall–Kier alpha value is -1.85. The molecule has 0 radical (unpaired) electrons. The van der Waals surface area contributed by atoms with Crippen molar-refractivity contribution in [2.24, 2.45) is 0 Å². The van der Waals surface area contributed by atoms with Crippen molar-refractivity contribution in [1.82, 2.24) is 4.31 Å². The predicted molar refractivity (Wildman–Crippen MR) is 80.8 cm³/mol. The lowest BCUT2D eigenvalue weighted by Crippen LogP contribution is -2.29. The van der Waals surface area contributed by atoms with Gasteiger partial charge in [-0.05, 0) is 30.2 Å². The summed E-state index contributed by atoms with van der Waals surface area (Å²) < 4.78 is 26.1. The number of nitrogen functional groups attached to an aromatic ring is 1. The van der Waals surface area contributed by atoms with E-state index in [1.54, 1.807) is 25.2 Å². The number of hydrogen-bond donors (Lipinski definition) is 1. The van der Waals surface area contributed by atoms with Crippen LogP contribution < -0.4 is 5.73 Å².